The van der Waals surface area contributed by atoms with Crippen LogP contribution < -0.4 is 0 Å². The molecule has 4 bridgehead atoms. The van der Waals surface area contributed by atoms with E-state index in [0.717, 1.165) is 19.3 Å². The molecule has 78 valence electrons. The van der Waals surface area contributed by atoms with Crippen molar-refractivity contribution >= 4 is 5.78 Å². The Bertz CT molecular complexity index is 238. The van der Waals surface area contributed by atoms with Crippen LogP contribution in [0.1, 0.15) is 32.6 Å². The molecule has 1 saturated carbocycles. The van der Waals surface area contributed by atoms with E-state index in [1.165, 1.54) is 0 Å². The number of Topliss-reactive ketones (excluding diaryl/α,β-unsaturated/α-hetero) is 1. The average molecular weight is 198 g/mol. The SMILES string of the molecule is CCC(=O)C12OC3CC(CC(C3)O1)O2. The Morgan fingerprint density at radius 3 is 1.93 bits per heavy atom. The lowest BCUT2D eigenvalue weighted by atomic mass is 9.88. The normalized spacial score (nSPS) is 49.6. The number of hydrogen-bond donors (Lipinski definition) is 0. The van der Waals surface area contributed by atoms with Crippen LogP contribution in [-0.4, -0.2) is 30.1 Å². The summed E-state index contributed by atoms with van der Waals surface area (Å²) >= 11 is 0. The van der Waals surface area contributed by atoms with Gasteiger partial charge in [-0.25, -0.2) is 0 Å². The lowest BCUT2D eigenvalue weighted by molar-refractivity contribution is -0.468. The molecule has 4 rings (SSSR count). The molecular weight excluding hydrogens is 184 g/mol. The molecule has 0 aromatic carbocycles. The molecule has 0 aromatic rings. The minimum atomic E-state index is -1.33. The predicted molar refractivity (Wildman–Crippen MR) is 46.5 cm³/mol. The number of rotatable bonds is 2. The van der Waals surface area contributed by atoms with Crippen molar-refractivity contribution in [2.45, 2.75) is 56.9 Å². The topological polar surface area (TPSA) is 44.8 Å². The summed E-state index contributed by atoms with van der Waals surface area (Å²) in [4.78, 5) is 11.7. The molecule has 0 atom stereocenters. The maximum Gasteiger partial charge on any atom is 0.347 e. The van der Waals surface area contributed by atoms with Crippen molar-refractivity contribution in [3.63, 3.8) is 0 Å². The van der Waals surface area contributed by atoms with Gasteiger partial charge in [0, 0.05) is 25.7 Å². The van der Waals surface area contributed by atoms with Crippen LogP contribution in [0.4, 0.5) is 0 Å². The zero-order valence-electron chi connectivity index (χ0n) is 8.19. The van der Waals surface area contributed by atoms with Gasteiger partial charge in [0.05, 0.1) is 18.3 Å². The Morgan fingerprint density at radius 2 is 1.57 bits per heavy atom. The Labute approximate surface area is 82.5 Å². The molecule has 3 aliphatic heterocycles. The van der Waals surface area contributed by atoms with E-state index < -0.39 is 5.97 Å². The van der Waals surface area contributed by atoms with E-state index in [4.69, 9.17) is 14.2 Å². The van der Waals surface area contributed by atoms with E-state index >= 15 is 0 Å². The zero-order chi connectivity index (χ0) is 9.76. The number of ether oxygens (including phenoxy) is 3. The monoisotopic (exact) mass is 198 g/mol. The second kappa shape index (κ2) is 2.78. The maximum atomic E-state index is 11.7. The van der Waals surface area contributed by atoms with E-state index in [-0.39, 0.29) is 24.1 Å². The van der Waals surface area contributed by atoms with E-state index in [9.17, 15) is 4.79 Å². The first-order chi connectivity index (χ1) is 6.72. The van der Waals surface area contributed by atoms with Crippen molar-refractivity contribution in [3.05, 3.63) is 0 Å². The number of carbonyl (C=O) groups is 1. The van der Waals surface area contributed by atoms with Gasteiger partial charge >= 0.3 is 5.97 Å². The molecule has 0 spiro atoms. The third-order valence-corrected chi connectivity index (χ3v) is 3.21. The molecule has 0 amide bonds. The number of hydrogen-bond acceptors (Lipinski definition) is 4. The van der Waals surface area contributed by atoms with Crippen molar-refractivity contribution in [1.29, 1.82) is 0 Å². The van der Waals surface area contributed by atoms with Crippen LogP contribution in [0, 0.1) is 0 Å². The van der Waals surface area contributed by atoms with Crippen molar-refractivity contribution in [1.82, 2.24) is 0 Å². The first kappa shape index (κ1) is 8.83. The minimum absolute atomic E-state index is 0.0865. The standard InChI is InChI=1S/C10H14O4/c1-2-9(11)10-12-6-3-7(13-10)5-8(4-6)14-10/h6-8H,2-5H2,1H3. The predicted octanol–water partition coefficient (Wildman–Crippen LogP) is 0.986. The van der Waals surface area contributed by atoms with Gasteiger partial charge in [0.1, 0.15) is 0 Å². The van der Waals surface area contributed by atoms with Crippen LogP contribution in [0.3, 0.4) is 0 Å². The molecule has 4 aliphatic rings. The first-order valence-electron chi connectivity index (χ1n) is 5.28. The van der Waals surface area contributed by atoms with E-state index in [2.05, 4.69) is 0 Å². The fourth-order valence-electron chi connectivity index (χ4n) is 2.61. The third kappa shape index (κ3) is 1.08. The Balaban J connectivity index is 1.91. The van der Waals surface area contributed by atoms with Gasteiger partial charge in [-0.05, 0) is 0 Å². The van der Waals surface area contributed by atoms with Crippen LogP contribution in [0.2, 0.25) is 0 Å². The quantitative estimate of drug-likeness (QED) is 0.663. The smallest absolute Gasteiger partial charge is 0.318 e. The molecule has 4 fully saturated rings. The van der Waals surface area contributed by atoms with Gasteiger partial charge in [-0.15, -0.1) is 0 Å². The summed E-state index contributed by atoms with van der Waals surface area (Å²) in [6, 6.07) is 0. The minimum Gasteiger partial charge on any atom is -0.318 e. The fraction of sp³-hybridized carbons (Fsp3) is 0.900. The summed E-state index contributed by atoms with van der Waals surface area (Å²) in [5.74, 6) is -1.42. The van der Waals surface area contributed by atoms with Crippen molar-refractivity contribution in [3.8, 4) is 0 Å². The van der Waals surface area contributed by atoms with Crippen LogP contribution in [-0.2, 0) is 19.0 Å². The lowest BCUT2D eigenvalue weighted by Crippen LogP contribution is -2.65. The number of carbonyl (C=O) groups excluding carboxylic acids is 1. The molecule has 3 saturated heterocycles. The van der Waals surface area contributed by atoms with Crippen LogP contribution in [0.15, 0.2) is 0 Å². The molecule has 3 heterocycles. The molecule has 0 radical (unpaired) electrons. The molecule has 4 nitrogen and oxygen atoms in total. The Hall–Kier alpha value is -0.450. The van der Waals surface area contributed by atoms with Crippen molar-refractivity contribution in [2.75, 3.05) is 0 Å². The van der Waals surface area contributed by atoms with Crippen molar-refractivity contribution in [2.24, 2.45) is 0 Å². The first-order valence-corrected chi connectivity index (χ1v) is 5.28. The van der Waals surface area contributed by atoms with E-state index in [0.29, 0.717) is 6.42 Å². The van der Waals surface area contributed by atoms with Crippen LogP contribution in [0.5, 0.6) is 0 Å². The van der Waals surface area contributed by atoms with Gasteiger partial charge in [0.25, 0.3) is 0 Å². The Kier molecular flexibility index (Phi) is 1.75. The summed E-state index contributed by atoms with van der Waals surface area (Å²) in [6.07, 6.45) is 3.63. The van der Waals surface area contributed by atoms with Gasteiger partial charge in [0.15, 0.2) is 0 Å². The second-order valence-electron chi connectivity index (χ2n) is 4.26. The molecular formula is C10H14O4. The molecule has 0 N–H and O–H groups in total. The van der Waals surface area contributed by atoms with Crippen molar-refractivity contribution < 1.29 is 19.0 Å². The average Bonchev–Trinajstić information content (AvgIpc) is 2.14. The van der Waals surface area contributed by atoms with Gasteiger partial charge < -0.3 is 14.2 Å². The maximum absolute atomic E-state index is 11.7. The summed E-state index contributed by atoms with van der Waals surface area (Å²) in [6.45, 7) is 1.80. The fourth-order valence-corrected chi connectivity index (χ4v) is 2.61. The van der Waals surface area contributed by atoms with Gasteiger partial charge in [-0.3, -0.25) is 4.79 Å². The van der Waals surface area contributed by atoms with E-state index in [1.54, 1.807) is 6.92 Å². The third-order valence-electron chi connectivity index (χ3n) is 3.21. The molecule has 1 aliphatic carbocycles. The number of ketones is 1. The molecule has 14 heavy (non-hydrogen) atoms. The molecule has 4 heteroatoms. The largest absolute Gasteiger partial charge is 0.347 e. The molecule has 0 unspecified atom stereocenters. The molecule has 0 aromatic heterocycles. The van der Waals surface area contributed by atoms with Gasteiger partial charge in [-0.2, -0.15) is 0 Å². The summed E-state index contributed by atoms with van der Waals surface area (Å²) in [5.41, 5.74) is 0. The highest BCUT2D eigenvalue weighted by Gasteiger charge is 2.58. The highest BCUT2D eigenvalue weighted by Crippen LogP contribution is 2.45. The highest BCUT2D eigenvalue weighted by molar-refractivity contribution is 5.84. The van der Waals surface area contributed by atoms with Gasteiger partial charge in [0.2, 0.25) is 5.78 Å². The summed E-state index contributed by atoms with van der Waals surface area (Å²) in [5, 5.41) is 0. The summed E-state index contributed by atoms with van der Waals surface area (Å²) < 4.78 is 16.7. The Morgan fingerprint density at radius 1 is 1.14 bits per heavy atom. The van der Waals surface area contributed by atoms with Crippen LogP contribution in [0.25, 0.3) is 0 Å². The second-order valence-corrected chi connectivity index (χ2v) is 4.26. The summed E-state index contributed by atoms with van der Waals surface area (Å²) in [7, 11) is 0. The van der Waals surface area contributed by atoms with Gasteiger partial charge in [-0.1, -0.05) is 6.92 Å². The highest BCUT2D eigenvalue weighted by atomic mass is 16.9. The lowest BCUT2D eigenvalue weighted by Gasteiger charge is -2.54. The zero-order valence-corrected chi connectivity index (χ0v) is 8.19. The van der Waals surface area contributed by atoms with Crippen LogP contribution >= 0.6 is 0 Å². The van der Waals surface area contributed by atoms with E-state index in [1.807, 2.05) is 0 Å².